The van der Waals surface area contributed by atoms with Gasteiger partial charge in [0.25, 0.3) is 0 Å². The number of nitrogens with zero attached hydrogens (tertiary/aromatic N) is 1. The number of hydrogen-bond acceptors (Lipinski definition) is 2. The van der Waals surface area contributed by atoms with Crippen molar-refractivity contribution in [3.8, 4) is 5.75 Å². The van der Waals surface area contributed by atoms with Crippen LogP contribution in [0, 0.1) is 0 Å². The smallest absolute Gasteiger partial charge is 0.130 e. The molecule has 0 bridgehead atoms. The first kappa shape index (κ1) is 16.8. The third-order valence-corrected chi connectivity index (χ3v) is 6.19. The van der Waals surface area contributed by atoms with Gasteiger partial charge in [-0.3, -0.25) is 4.90 Å². The highest BCUT2D eigenvalue weighted by Gasteiger charge is 2.28. The summed E-state index contributed by atoms with van der Waals surface area (Å²) >= 11 is 3.54. The van der Waals surface area contributed by atoms with Crippen LogP contribution < -0.4 is 0 Å². The number of likely N-dealkylation sites (tertiary alicyclic amines) is 1. The van der Waals surface area contributed by atoms with Gasteiger partial charge in [-0.2, -0.15) is 0 Å². The molecule has 1 aliphatic rings. The fourth-order valence-corrected chi connectivity index (χ4v) is 4.66. The quantitative estimate of drug-likeness (QED) is 0.428. The van der Waals surface area contributed by atoms with E-state index in [-0.39, 0.29) is 6.04 Å². The lowest BCUT2D eigenvalue weighted by molar-refractivity contribution is 0.276. The molecule has 1 atom stereocenters. The third kappa shape index (κ3) is 2.84. The Kier molecular flexibility index (Phi) is 4.18. The van der Waals surface area contributed by atoms with E-state index in [0.717, 1.165) is 44.9 Å². The van der Waals surface area contributed by atoms with Crippen LogP contribution in [0.4, 0.5) is 0 Å². The normalized spacial score (nSPS) is 16.3. The summed E-state index contributed by atoms with van der Waals surface area (Å²) in [5.74, 6) is 0.393. The Morgan fingerprint density at radius 1 is 0.889 bits per heavy atom. The Morgan fingerprint density at radius 3 is 2.41 bits per heavy atom. The van der Waals surface area contributed by atoms with Gasteiger partial charge in [-0.15, -0.1) is 0 Å². The first-order chi connectivity index (χ1) is 13.2. The molecule has 2 heterocycles. The zero-order chi connectivity index (χ0) is 18.4. The highest BCUT2D eigenvalue weighted by atomic mass is 79.9. The zero-order valence-electron chi connectivity index (χ0n) is 15.0. The molecule has 0 radical (unpaired) electrons. The molecule has 1 unspecified atom stereocenters. The monoisotopic (exact) mass is 420 g/mol. The van der Waals surface area contributed by atoms with Crippen molar-refractivity contribution < 1.29 is 5.11 Å². The number of benzene rings is 3. The average Bonchev–Trinajstić information content (AvgIpc) is 3.33. The van der Waals surface area contributed by atoms with Gasteiger partial charge in [0.05, 0.1) is 11.6 Å². The molecule has 0 aliphatic carbocycles. The summed E-state index contributed by atoms with van der Waals surface area (Å²) in [7, 11) is 0. The summed E-state index contributed by atoms with van der Waals surface area (Å²) in [6.45, 7) is 2.12. The summed E-state index contributed by atoms with van der Waals surface area (Å²) in [6, 6.07) is 20.9. The summed E-state index contributed by atoms with van der Waals surface area (Å²) in [5, 5.41) is 13.3. The van der Waals surface area contributed by atoms with E-state index in [0.29, 0.717) is 5.75 Å². The molecule has 2 N–H and O–H groups in total. The zero-order valence-corrected chi connectivity index (χ0v) is 16.5. The number of aromatic amines is 1. The Balaban J connectivity index is 1.73. The second-order valence-corrected chi connectivity index (χ2v) is 8.21. The minimum absolute atomic E-state index is 0.0682. The van der Waals surface area contributed by atoms with E-state index in [2.05, 4.69) is 74.3 Å². The molecular weight excluding hydrogens is 400 g/mol. The van der Waals surface area contributed by atoms with Crippen LogP contribution >= 0.6 is 15.9 Å². The van der Waals surface area contributed by atoms with Gasteiger partial charge in [0, 0.05) is 26.3 Å². The van der Waals surface area contributed by atoms with Crippen molar-refractivity contribution in [3.05, 3.63) is 76.3 Å². The summed E-state index contributed by atoms with van der Waals surface area (Å²) < 4.78 is 1.07. The summed E-state index contributed by atoms with van der Waals surface area (Å²) in [5.41, 5.74) is 4.24. The number of halogens is 1. The fourth-order valence-electron chi connectivity index (χ4n) is 4.39. The van der Waals surface area contributed by atoms with Crippen LogP contribution in [-0.4, -0.2) is 28.1 Å². The standard InChI is InChI=1S/C23H21BrN2O/c24-16-9-7-15(8-10-16)22(26-13-3-4-14-26)18-11-12-20-21(23(18)27)17-5-1-2-6-19(17)25-20/h1-2,5-12,22,25,27H,3-4,13-14H2. The molecule has 0 amide bonds. The molecular formula is C23H21BrN2O. The van der Waals surface area contributed by atoms with E-state index in [4.69, 9.17) is 0 Å². The van der Waals surface area contributed by atoms with Crippen molar-refractivity contribution in [2.75, 3.05) is 13.1 Å². The number of aromatic hydroxyl groups is 1. The van der Waals surface area contributed by atoms with Crippen LogP contribution in [-0.2, 0) is 0 Å². The molecule has 5 rings (SSSR count). The number of fused-ring (bicyclic) bond motifs is 3. The number of H-pyrrole nitrogens is 1. The molecule has 4 aromatic rings. The molecule has 136 valence electrons. The molecule has 3 nitrogen and oxygen atoms in total. The molecule has 3 aromatic carbocycles. The van der Waals surface area contributed by atoms with Crippen LogP contribution in [0.3, 0.4) is 0 Å². The summed E-state index contributed by atoms with van der Waals surface area (Å²) in [6.07, 6.45) is 2.42. The predicted octanol–water partition coefficient (Wildman–Crippen LogP) is 5.97. The maximum atomic E-state index is 11.3. The molecule has 4 heteroatoms. The molecule has 1 fully saturated rings. The van der Waals surface area contributed by atoms with Crippen molar-refractivity contribution in [2.45, 2.75) is 18.9 Å². The number of para-hydroxylation sites is 1. The molecule has 1 saturated heterocycles. The topological polar surface area (TPSA) is 39.3 Å². The lowest BCUT2D eigenvalue weighted by Crippen LogP contribution is -2.26. The van der Waals surface area contributed by atoms with Gasteiger partial charge >= 0.3 is 0 Å². The van der Waals surface area contributed by atoms with Crippen LogP contribution in [0.2, 0.25) is 0 Å². The maximum absolute atomic E-state index is 11.3. The van der Waals surface area contributed by atoms with E-state index >= 15 is 0 Å². The largest absolute Gasteiger partial charge is 0.507 e. The van der Waals surface area contributed by atoms with Crippen molar-refractivity contribution in [1.82, 2.24) is 9.88 Å². The Morgan fingerprint density at radius 2 is 1.63 bits per heavy atom. The van der Waals surface area contributed by atoms with Gasteiger partial charge in [0.2, 0.25) is 0 Å². The molecule has 0 saturated carbocycles. The second-order valence-electron chi connectivity index (χ2n) is 7.29. The highest BCUT2D eigenvalue weighted by molar-refractivity contribution is 9.10. The van der Waals surface area contributed by atoms with Gasteiger partial charge in [-0.05, 0) is 55.8 Å². The summed E-state index contributed by atoms with van der Waals surface area (Å²) in [4.78, 5) is 5.91. The maximum Gasteiger partial charge on any atom is 0.130 e. The number of nitrogens with one attached hydrogen (secondary N) is 1. The number of hydrogen-bond donors (Lipinski definition) is 2. The number of phenolic OH excluding ortho intramolecular Hbond substituents is 1. The van der Waals surface area contributed by atoms with E-state index in [1.54, 1.807) is 0 Å². The second kappa shape index (κ2) is 6.70. The Bertz CT molecular complexity index is 1110. The van der Waals surface area contributed by atoms with E-state index < -0.39 is 0 Å². The predicted molar refractivity (Wildman–Crippen MR) is 114 cm³/mol. The first-order valence-corrected chi connectivity index (χ1v) is 10.2. The van der Waals surface area contributed by atoms with Crippen molar-refractivity contribution >= 4 is 37.7 Å². The van der Waals surface area contributed by atoms with Crippen LogP contribution in [0.25, 0.3) is 21.8 Å². The highest BCUT2D eigenvalue weighted by Crippen LogP contribution is 2.42. The van der Waals surface area contributed by atoms with Crippen molar-refractivity contribution in [1.29, 1.82) is 0 Å². The minimum atomic E-state index is 0.0682. The first-order valence-electron chi connectivity index (χ1n) is 9.44. The number of phenols is 1. The van der Waals surface area contributed by atoms with Crippen LogP contribution in [0.15, 0.2) is 65.1 Å². The number of aromatic nitrogens is 1. The van der Waals surface area contributed by atoms with E-state index in [1.165, 1.54) is 18.4 Å². The van der Waals surface area contributed by atoms with E-state index in [9.17, 15) is 5.11 Å². The SMILES string of the molecule is Oc1c(C(c2ccc(Br)cc2)N2CCCC2)ccc2[nH]c3ccccc3c12. The van der Waals surface area contributed by atoms with Crippen molar-refractivity contribution in [2.24, 2.45) is 0 Å². The van der Waals surface area contributed by atoms with Crippen molar-refractivity contribution in [3.63, 3.8) is 0 Å². The molecule has 1 aromatic heterocycles. The number of rotatable bonds is 3. The third-order valence-electron chi connectivity index (χ3n) is 5.66. The minimum Gasteiger partial charge on any atom is -0.507 e. The van der Waals surface area contributed by atoms with Gasteiger partial charge in [-0.25, -0.2) is 0 Å². The molecule has 0 spiro atoms. The lowest BCUT2D eigenvalue weighted by Gasteiger charge is -2.29. The van der Waals surface area contributed by atoms with E-state index in [1.807, 2.05) is 12.1 Å². The van der Waals surface area contributed by atoms with Crippen LogP contribution in [0.1, 0.15) is 30.0 Å². The van der Waals surface area contributed by atoms with Gasteiger partial charge in [0.15, 0.2) is 0 Å². The lowest BCUT2D eigenvalue weighted by atomic mass is 9.94. The Labute approximate surface area is 166 Å². The Hall–Kier alpha value is -2.30. The van der Waals surface area contributed by atoms with Gasteiger partial charge < -0.3 is 10.1 Å². The molecule has 1 aliphatic heterocycles. The van der Waals surface area contributed by atoms with Crippen LogP contribution in [0.5, 0.6) is 5.75 Å². The molecule has 27 heavy (non-hydrogen) atoms. The fraction of sp³-hybridized carbons (Fsp3) is 0.217. The average molecular weight is 421 g/mol. The van der Waals surface area contributed by atoms with Gasteiger partial charge in [-0.1, -0.05) is 52.3 Å². The van der Waals surface area contributed by atoms with Gasteiger partial charge in [0.1, 0.15) is 5.75 Å².